The van der Waals surface area contributed by atoms with Crippen LogP contribution in [0.4, 0.5) is 0 Å². The van der Waals surface area contributed by atoms with Crippen LogP contribution in [0.1, 0.15) is 29.8 Å². The molecule has 4 heteroatoms. The Labute approximate surface area is 101 Å². The van der Waals surface area contributed by atoms with Gasteiger partial charge in [-0.3, -0.25) is 9.78 Å². The molecule has 1 atom stereocenters. The normalized spacial score (nSPS) is 20.1. The average Bonchev–Trinajstić information content (AvgIpc) is 2.41. The first-order chi connectivity index (χ1) is 8.36. The monoisotopic (exact) mass is 234 g/mol. The number of aromatic nitrogens is 1. The number of hydrogen-bond donors (Lipinski definition) is 1. The van der Waals surface area contributed by atoms with Gasteiger partial charge in [0, 0.05) is 12.2 Å². The minimum Gasteiger partial charge on any atom is -0.372 e. The van der Waals surface area contributed by atoms with E-state index >= 15 is 0 Å². The summed E-state index contributed by atoms with van der Waals surface area (Å²) in [5.74, 6) is -0.0543. The van der Waals surface area contributed by atoms with Gasteiger partial charge in [0.25, 0.3) is 0 Å². The average molecular weight is 234 g/mol. The predicted octanol–water partition coefficient (Wildman–Crippen LogP) is 1.42. The van der Waals surface area contributed by atoms with Crippen LogP contribution in [0.15, 0.2) is 24.4 Å². The molecule has 2 rings (SSSR count). The number of nitrogens with one attached hydrogen (secondary N) is 1. The van der Waals surface area contributed by atoms with Gasteiger partial charge in [-0.1, -0.05) is 12.5 Å². The van der Waals surface area contributed by atoms with E-state index in [0.717, 1.165) is 13.0 Å². The van der Waals surface area contributed by atoms with Crippen LogP contribution in [0, 0.1) is 0 Å². The number of carbonyl (C=O) groups is 1. The maximum absolute atomic E-state index is 11.7. The van der Waals surface area contributed by atoms with Crippen LogP contribution in [0.5, 0.6) is 0 Å². The summed E-state index contributed by atoms with van der Waals surface area (Å²) in [6.45, 7) is 1.79. The second-order valence-corrected chi connectivity index (χ2v) is 4.30. The molecule has 0 bridgehead atoms. The van der Waals surface area contributed by atoms with Gasteiger partial charge < -0.3 is 10.1 Å². The zero-order valence-electron chi connectivity index (χ0n) is 9.89. The van der Waals surface area contributed by atoms with E-state index in [1.165, 1.54) is 12.8 Å². The Morgan fingerprint density at radius 3 is 3.12 bits per heavy atom. The summed E-state index contributed by atoms with van der Waals surface area (Å²) in [6.07, 6.45) is 5.24. The van der Waals surface area contributed by atoms with Gasteiger partial charge in [-0.25, -0.2) is 0 Å². The van der Waals surface area contributed by atoms with Gasteiger partial charge >= 0.3 is 0 Å². The second-order valence-electron chi connectivity index (χ2n) is 4.30. The Balaban J connectivity index is 1.69. The number of carbonyl (C=O) groups excluding carboxylic acids is 1. The molecule has 1 fully saturated rings. The fourth-order valence-corrected chi connectivity index (χ4v) is 1.96. The molecular formula is C13H18N2O2. The van der Waals surface area contributed by atoms with Gasteiger partial charge in [-0.15, -0.1) is 0 Å². The molecule has 1 aromatic heterocycles. The Morgan fingerprint density at radius 2 is 2.41 bits per heavy atom. The van der Waals surface area contributed by atoms with Crippen LogP contribution in [-0.4, -0.2) is 36.6 Å². The van der Waals surface area contributed by atoms with Crippen molar-refractivity contribution in [3.63, 3.8) is 0 Å². The number of rotatable bonds is 5. The van der Waals surface area contributed by atoms with E-state index in [9.17, 15) is 4.79 Å². The van der Waals surface area contributed by atoms with Crippen molar-refractivity contribution in [2.75, 3.05) is 19.8 Å². The van der Waals surface area contributed by atoms with E-state index in [2.05, 4.69) is 10.3 Å². The summed E-state index contributed by atoms with van der Waals surface area (Å²) in [5, 5.41) is 3.38. The molecule has 0 spiro atoms. The van der Waals surface area contributed by atoms with E-state index < -0.39 is 0 Å². The summed E-state index contributed by atoms with van der Waals surface area (Å²) in [5.41, 5.74) is 0.476. The zero-order valence-corrected chi connectivity index (χ0v) is 9.89. The first kappa shape index (κ1) is 12.2. The number of pyridine rings is 1. The topological polar surface area (TPSA) is 51.2 Å². The molecule has 2 heterocycles. The molecule has 4 nitrogen and oxygen atoms in total. The van der Waals surface area contributed by atoms with E-state index in [1.54, 1.807) is 18.3 Å². The van der Waals surface area contributed by atoms with Crippen LogP contribution in [0.2, 0.25) is 0 Å². The van der Waals surface area contributed by atoms with E-state index in [-0.39, 0.29) is 12.4 Å². The molecule has 0 aromatic carbocycles. The molecule has 0 amide bonds. The lowest BCUT2D eigenvalue weighted by molar-refractivity contribution is 0.0687. The standard InChI is InChI=1S/C13H18N2O2/c16-13(12-6-2-4-8-15-12)10-17-9-11-5-1-3-7-14-11/h2,4,6,8,11,14H,1,3,5,7,9-10H2. The number of ketones is 1. The van der Waals surface area contributed by atoms with Gasteiger partial charge in [0.15, 0.2) is 0 Å². The smallest absolute Gasteiger partial charge is 0.206 e. The van der Waals surface area contributed by atoms with Gasteiger partial charge in [0.05, 0.1) is 6.61 Å². The van der Waals surface area contributed by atoms with Gasteiger partial charge in [-0.2, -0.15) is 0 Å². The highest BCUT2D eigenvalue weighted by atomic mass is 16.5. The molecule has 1 aliphatic heterocycles. The number of ether oxygens (including phenoxy) is 1. The maximum Gasteiger partial charge on any atom is 0.206 e. The minimum atomic E-state index is -0.0543. The minimum absolute atomic E-state index is 0.0543. The molecule has 1 aromatic rings. The van der Waals surface area contributed by atoms with Gasteiger partial charge in [0.1, 0.15) is 12.3 Å². The first-order valence-corrected chi connectivity index (χ1v) is 6.11. The van der Waals surface area contributed by atoms with Gasteiger partial charge in [-0.05, 0) is 31.5 Å². The Morgan fingerprint density at radius 1 is 1.47 bits per heavy atom. The lowest BCUT2D eigenvalue weighted by atomic mass is 10.1. The molecule has 1 N–H and O–H groups in total. The molecule has 0 aliphatic carbocycles. The molecule has 0 saturated carbocycles. The molecule has 0 radical (unpaired) electrons. The SMILES string of the molecule is O=C(COCC1CCCCN1)c1ccccn1. The quantitative estimate of drug-likeness (QED) is 0.783. The van der Waals surface area contributed by atoms with E-state index in [0.29, 0.717) is 18.3 Å². The molecule has 1 saturated heterocycles. The third kappa shape index (κ3) is 3.91. The summed E-state index contributed by atoms with van der Waals surface area (Å²) in [4.78, 5) is 15.7. The van der Waals surface area contributed by atoms with E-state index in [4.69, 9.17) is 4.74 Å². The maximum atomic E-state index is 11.7. The van der Waals surface area contributed by atoms with Crippen molar-refractivity contribution in [1.82, 2.24) is 10.3 Å². The van der Waals surface area contributed by atoms with Crippen molar-refractivity contribution in [1.29, 1.82) is 0 Å². The second kappa shape index (κ2) is 6.47. The Kier molecular flexibility index (Phi) is 4.64. The third-order valence-corrected chi connectivity index (χ3v) is 2.92. The summed E-state index contributed by atoms with van der Waals surface area (Å²) >= 11 is 0. The van der Waals surface area contributed by atoms with Crippen molar-refractivity contribution < 1.29 is 9.53 Å². The lowest BCUT2D eigenvalue weighted by Crippen LogP contribution is -2.38. The van der Waals surface area contributed by atoms with Crippen molar-refractivity contribution in [2.24, 2.45) is 0 Å². The molecule has 1 unspecified atom stereocenters. The highest BCUT2D eigenvalue weighted by Gasteiger charge is 2.13. The van der Waals surface area contributed by atoms with Crippen molar-refractivity contribution in [3.05, 3.63) is 30.1 Å². The fourth-order valence-electron chi connectivity index (χ4n) is 1.96. The van der Waals surface area contributed by atoms with Crippen molar-refractivity contribution >= 4 is 5.78 Å². The van der Waals surface area contributed by atoms with Crippen LogP contribution < -0.4 is 5.32 Å². The van der Waals surface area contributed by atoms with Gasteiger partial charge in [0.2, 0.25) is 5.78 Å². The van der Waals surface area contributed by atoms with Crippen LogP contribution in [0.25, 0.3) is 0 Å². The molecule has 17 heavy (non-hydrogen) atoms. The Bertz CT molecular complexity index is 348. The molecule has 92 valence electrons. The van der Waals surface area contributed by atoms with Crippen LogP contribution in [-0.2, 0) is 4.74 Å². The summed E-state index contributed by atoms with van der Waals surface area (Å²) < 4.78 is 5.44. The largest absolute Gasteiger partial charge is 0.372 e. The number of hydrogen-bond acceptors (Lipinski definition) is 4. The van der Waals surface area contributed by atoms with Crippen LogP contribution in [0.3, 0.4) is 0 Å². The number of Topliss-reactive ketones (excluding diaryl/α,β-unsaturated/α-hetero) is 1. The zero-order chi connectivity index (χ0) is 11.9. The number of piperidine rings is 1. The predicted molar refractivity (Wildman–Crippen MR) is 65.0 cm³/mol. The van der Waals surface area contributed by atoms with E-state index in [1.807, 2.05) is 6.07 Å². The highest BCUT2D eigenvalue weighted by Crippen LogP contribution is 2.07. The first-order valence-electron chi connectivity index (χ1n) is 6.11. The molecule has 1 aliphatic rings. The fraction of sp³-hybridized carbons (Fsp3) is 0.538. The van der Waals surface area contributed by atoms with Crippen LogP contribution >= 0.6 is 0 Å². The molecular weight excluding hydrogens is 216 g/mol. The summed E-state index contributed by atoms with van der Waals surface area (Å²) in [7, 11) is 0. The Hall–Kier alpha value is -1.26. The number of nitrogens with zero attached hydrogens (tertiary/aromatic N) is 1. The summed E-state index contributed by atoms with van der Waals surface area (Å²) in [6, 6.07) is 5.72. The lowest BCUT2D eigenvalue weighted by Gasteiger charge is -2.22. The third-order valence-electron chi connectivity index (χ3n) is 2.92. The van der Waals surface area contributed by atoms with Crippen molar-refractivity contribution in [3.8, 4) is 0 Å². The highest BCUT2D eigenvalue weighted by molar-refractivity contribution is 5.95. The van der Waals surface area contributed by atoms with Crippen molar-refractivity contribution in [2.45, 2.75) is 25.3 Å².